The molecular weight excluding hydrogens is 389 g/mol. The molecule has 3 rings (SSSR count). The van der Waals surface area contributed by atoms with Crippen LogP contribution in [0.1, 0.15) is 25.3 Å². The Morgan fingerprint density at radius 3 is 2.29 bits per heavy atom. The van der Waals surface area contributed by atoms with Crippen LogP contribution in [0.15, 0.2) is 53.4 Å². The van der Waals surface area contributed by atoms with Crippen LogP contribution in [0.4, 0.5) is 24.5 Å². The lowest BCUT2D eigenvalue weighted by atomic mass is 10.1. The van der Waals surface area contributed by atoms with Crippen LogP contribution in [0.3, 0.4) is 0 Å². The highest BCUT2D eigenvalue weighted by molar-refractivity contribution is 8.00. The van der Waals surface area contributed by atoms with Crippen LogP contribution >= 0.6 is 11.8 Å². The van der Waals surface area contributed by atoms with E-state index >= 15 is 0 Å². The number of rotatable bonds is 6. The molecule has 1 atom stereocenters. The van der Waals surface area contributed by atoms with E-state index in [0.29, 0.717) is 5.69 Å². The number of para-hydroxylation sites is 1. The quantitative estimate of drug-likeness (QED) is 0.648. The van der Waals surface area contributed by atoms with Gasteiger partial charge < -0.3 is 10.6 Å². The minimum atomic E-state index is -4.54. The summed E-state index contributed by atoms with van der Waals surface area (Å²) in [7, 11) is 0. The van der Waals surface area contributed by atoms with Crippen molar-refractivity contribution in [1.29, 1.82) is 0 Å². The van der Waals surface area contributed by atoms with Crippen molar-refractivity contribution < 1.29 is 22.8 Å². The molecule has 0 bridgehead atoms. The SMILES string of the molecule is CC(Sc1ccc(NC(=O)C2CC2)cc1)C(=O)Nc1ccccc1C(F)(F)F. The standard InChI is InChI=1S/C20H19F3N2O2S/c1-12(18(26)25-17-5-3-2-4-16(17)20(21,22)23)28-15-10-8-14(9-11-15)24-19(27)13-6-7-13/h2-5,8-13H,6-7H2,1H3,(H,24,27)(H,25,26). The summed E-state index contributed by atoms with van der Waals surface area (Å²) in [5.74, 6) is -0.401. The molecular formula is C20H19F3N2O2S. The lowest BCUT2D eigenvalue weighted by Crippen LogP contribution is -2.24. The number of nitrogens with one attached hydrogen (secondary N) is 2. The van der Waals surface area contributed by atoms with Crippen LogP contribution in [0.2, 0.25) is 0 Å². The fourth-order valence-corrected chi connectivity index (χ4v) is 3.41. The normalized spacial score (nSPS) is 15.0. The number of benzene rings is 2. The van der Waals surface area contributed by atoms with Crippen molar-refractivity contribution >= 4 is 35.0 Å². The maximum absolute atomic E-state index is 13.0. The summed E-state index contributed by atoms with van der Waals surface area (Å²) >= 11 is 1.22. The second-order valence-corrected chi connectivity index (χ2v) is 7.99. The molecule has 28 heavy (non-hydrogen) atoms. The summed E-state index contributed by atoms with van der Waals surface area (Å²) in [5, 5.41) is 4.58. The number of thioether (sulfide) groups is 1. The predicted octanol–water partition coefficient (Wildman–Crippen LogP) is 5.17. The van der Waals surface area contributed by atoms with E-state index < -0.39 is 22.9 Å². The first-order valence-corrected chi connectivity index (χ1v) is 9.66. The van der Waals surface area contributed by atoms with Crippen LogP contribution in [0.25, 0.3) is 0 Å². The summed E-state index contributed by atoms with van der Waals surface area (Å²) in [5.41, 5.74) is -0.459. The number of anilines is 2. The molecule has 8 heteroatoms. The first-order chi connectivity index (χ1) is 13.2. The summed E-state index contributed by atoms with van der Waals surface area (Å²) in [4.78, 5) is 24.9. The van der Waals surface area contributed by atoms with E-state index in [-0.39, 0.29) is 17.5 Å². The van der Waals surface area contributed by atoms with Crippen LogP contribution < -0.4 is 10.6 Å². The van der Waals surface area contributed by atoms with Gasteiger partial charge in [-0.05, 0) is 56.2 Å². The average molecular weight is 408 g/mol. The monoisotopic (exact) mass is 408 g/mol. The zero-order valence-corrected chi connectivity index (χ0v) is 15.9. The Labute approximate surface area is 164 Å². The molecule has 1 aliphatic rings. The van der Waals surface area contributed by atoms with Crippen LogP contribution in [0, 0.1) is 5.92 Å². The Morgan fingerprint density at radius 1 is 1.04 bits per heavy atom. The molecule has 1 saturated carbocycles. The maximum atomic E-state index is 13.0. The predicted molar refractivity (Wildman–Crippen MR) is 103 cm³/mol. The number of carbonyl (C=O) groups is 2. The molecule has 2 N–H and O–H groups in total. The third kappa shape index (κ3) is 5.28. The molecule has 0 saturated heterocycles. The second kappa shape index (κ2) is 8.26. The van der Waals surface area contributed by atoms with Gasteiger partial charge in [0.15, 0.2) is 0 Å². The van der Waals surface area contributed by atoms with Crippen molar-refractivity contribution in [3.8, 4) is 0 Å². The third-order valence-corrected chi connectivity index (χ3v) is 5.35. The number of carbonyl (C=O) groups excluding carboxylic acids is 2. The molecule has 1 aliphatic carbocycles. The Kier molecular flexibility index (Phi) is 5.98. The third-order valence-electron chi connectivity index (χ3n) is 4.24. The van der Waals surface area contributed by atoms with E-state index in [0.717, 1.165) is 23.8 Å². The van der Waals surface area contributed by atoms with E-state index in [1.165, 1.54) is 30.0 Å². The fraction of sp³-hybridized carbons (Fsp3) is 0.300. The molecule has 0 radical (unpaired) electrons. The first kappa shape index (κ1) is 20.3. The van der Waals surface area contributed by atoms with Gasteiger partial charge in [0, 0.05) is 16.5 Å². The van der Waals surface area contributed by atoms with E-state index in [2.05, 4.69) is 10.6 Å². The minimum absolute atomic E-state index is 0.0106. The Hall–Kier alpha value is -2.48. The van der Waals surface area contributed by atoms with Gasteiger partial charge in [0.1, 0.15) is 0 Å². The number of amides is 2. The molecule has 1 fully saturated rings. The second-order valence-electron chi connectivity index (χ2n) is 6.58. The van der Waals surface area contributed by atoms with Gasteiger partial charge in [-0.25, -0.2) is 0 Å². The maximum Gasteiger partial charge on any atom is 0.418 e. The van der Waals surface area contributed by atoms with Crippen molar-refractivity contribution in [3.63, 3.8) is 0 Å². The van der Waals surface area contributed by atoms with Crippen LogP contribution in [-0.2, 0) is 15.8 Å². The molecule has 0 spiro atoms. The van der Waals surface area contributed by atoms with Gasteiger partial charge in [-0.3, -0.25) is 9.59 Å². The van der Waals surface area contributed by atoms with E-state index in [1.807, 2.05) is 0 Å². The van der Waals surface area contributed by atoms with Gasteiger partial charge in [0.25, 0.3) is 0 Å². The summed E-state index contributed by atoms with van der Waals surface area (Å²) in [6.07, 6.45) is -2.70. The van der Waals surface area contributed by atoms with Crippen molar-refractivity contribution in [2.75, 3.05) is 10.6 Å². The molecule has 0 aliphatic heterocycles. The van der Waals surface area contributed by atoms with E-state index in [1.54, 1.807) is 31.2 Å². The summed E-state index contributed by atoms with van der Waals surface area (Å²) < 4.78 is 39.1. The Morgan fingerprint density at radius 2 is 1.68 bits per heavy atom. The highest BCUT2D eigenvalue weighted by Gasteiger charge is 2.34. The molecule has 4 nitrogen and oxygen atoms in total. The van der Waals surface area contributed by atoms with Gasteiger partial charge in [-0.2, -0.15) is 13.2 Å². The molecule has 2 aromatic carbocycles. The van der Waals surface area contributed by atoms with Gasteiger partial charge in [0.05, 0.1) is 16.5 Å². The Bertz CT molecular complexity index is 864. The molecule has 0 heterocycles. The van der Waals surface area contributed by atoms with Crippen molar-refractivity contribution in [2.24, 2.45) is 5.92 Å². The Balaban J connectivity index is 1.59. The molecule has 1 unspecified atom stereocenters. The van der Waals surface area contributed by atoms with Gasteiger partial charge in [-0.15, -0.1) is 11.8 Å². The summed E-state index contributed by atoms with van der Waals surface area (Å²) in [6.45, 7) is 1.62. The van der Waals surface area contributed by atoms with Crippen molar-refractivity contribution in [3.05, 3.63) is 54.1 Å². The summed E-state index contributed by atoms with van der Waals surface area (Å²) in [6, 6.07) is 11.9. The van der Waals surface area contributed by atoms with E-state index in [9.17, 15) is 22.8 Å². The van der Waals surface area contributed by atoms with Gasteiger partial charge in [0.2, 0.25) is 11.8 Å². The number of hydrogen-bond donors (Lipinski definition) is 2. The lowest BCUT2D eigenvalue weighted by Gasteiger charge is -2.16. The number of hydrogen-bond acceptors (Lipinski definition) is 3. The molecule has 2 aromatic rings. The fourth-order valence-electron chi connectivity index (χ4n) is 2.54. The zero-order valence-electron chi connectivity index (χ0n) is 15.0. The molecule has 148 valence electrons. The molecule has 2 amide bonds. The van der Waals surface area contributed by atoms with Gasteiger partial charge >= 0.3 is 6.18 Å². The number of alkyl halides is 3. The largest absolute Gasteiger partial charge is 0.418 e. The zero-order chi connectivity index (χ0) is 20.3. The van der Waals surface area contributed by atoms with Crippen molar-refractivity contribution in [2.45, 2.75) is 36.1 Å². The average Bonchev–Trinajstić information content (AvgIpc) is 3.48. The number of halogens is 3. The smallest absolute Gasteiger partial charge is 0.326 e. The van der Waals surface area contributed by atoms with Gasteiger partial charge in [-0.1, -0.05) is 12.1 Å². The molecule has 0 aromatic heterocycles. The van der Waals surface area contributed by atoms with Crippen molar-refractivity contribution in [1.82, 2.24) is 0 Å². The van der Waals surface area contributed by atoms with E-state index in [4.69, 9.17) is 0 Å². The topological polar surface area (TPSA) is 58.2 Å². The highest BCUT2D eigenvalue weighted by Crippen LogP contribution is 2.35. The van der Waals surface area contributed by atoms with Crippen LogP contribution in [0.5, 0.6) is 0 Å². The van der Waals surface area contributed by atoms with Crippen LogP contribution in [-0.4, -0.2) is 17.1 Å². The first-order valence-electron chi connectivity index (χ1n) is 8.78. The highest BCUT2D eigenvalue weighted by atomic mass is 32.2. The lowest BCUT2D eigenvalue weighted by molar-refractivity contribution is -0.137. The minimum Gasteiger partial charge on any atom is -0.326 e.